The Hall–Kier alpha value is -2.42. The van der Waals surface area contributed by atoms with E-state index in [1.807, 2.05) is 20.8 Å². The summed E-state index contributed by atoms with van der Waals surface area (Å²) in [6.45, 7) is 12.7. The lowest BCUT2D eigenvalue weighted by Crippen LogP contribution is -2.71. The van der Waals surface area contributed by atoms with E-state index < -0.39 is 48.3 Å². The molecule has 8 nitrogen and oxygen atoms in total. The van der Waals surface area contributed by atoms with Crippen LogP contribution in [0.25, 0.3) is 0 Å². The summed E-state index contributed by atoms with van der Waals surface area (Å²) < 4.78 is 104. The van der Waals surface area contributed by atoms with E-state index in [9.17, 15) is 41.0 Å². The summed E-state index contributed by atoms with van der Waals surface area (Å²) in [7, 11) is 0.844. The molecule has 0 amide bonds. The van der Waals surface area contributed by atoms with Gasteiger partial charge >= 0.3 is 29.9 Å². The van der Waals surface area contributed by atoms with E-state index in [0.717, 1.165) is 27.1 Å². The molecular formula is C33H52F6O8. The van der Waals surface area contributed by atoms with Gasteiger partial charge in [-0.3, -0.25) is 9.59 Å². The number of esters is 2. The fraction of sp³-hybridized carbons (Fsp3) is 0.758. The Balaban J connectivity index is 0.000000784. The highest BCUT2D eigenvalue weighted by molar-refractivity contribution is 5.77. The van der Waals surface area contributed by atoms with Gasteiger partial charge in [-0.2, -0.15) is 26.3 Å². The number of hydrogen-bond donors (Lipinski definition) is 1. The SMILES string of the molecule is CCC(C)(C)C(=O)OCC1CO1.CCC(C)(CO)C(=O)OC(C)(C)C(OCOC)(C(F)(F)F)C(F)(F)F.CCC(C)c1ccccc1. The van der Waals surface area contributed by atoms with Gasteiger partial charge in [0.2, 0.25) is 0 Å². The van der Waals surface area contributed by atoms with Crippen LogP contribution in [0.3, 0.4) is 0 Å². The van der Waals surface area contributed by atoms with Crippen molar-refractivity contribution in [2.45, 2.75) is 117 Å². The highest BCUT2D eigenvalue weighted by atomic mass is 19.4. The van der Waals surface area contributed by atoms with Crippen molar-refractivity contribution in [1.82, 2.24) is 0 Å². The Morgan fingerprint density at radius 3 is 1.79 bits per heavy atom. The first-order chi connectivity index (χ1) is 21.5. The Kier molecular flexibility index (Phi) is 17.4. The maximum absolute atomic E-state index is 13.5. The molecule has 0 spiro atoms. The number of methoxy groups -OCH3 is 1. The maximum Gasteiger partial charge on any atom is 0.430 e. The van der Waals surface area contributed by atoms with E-state index in [1.54, 1.807) is 0 Å². The van der Waals surface area contributed by atoms with E-state index in [1.165, 1.54) is 18.9 Å². The summed E-state index contributed by atoms with van der Waals surface area (Å²) in [5, 5.41) is 9.22. The molecule has 3 unspecified atom stereocenters. The quantitative estimate of drug-likeness (QED) is 0.0915. The van der Waals surface area contributed by atoms with Gasteiger partial charge in [0.25, 0.3) is 0 Å². The molecule has 47 heavy (non-hydrogen) atoms. The molecule has 1 aliphatic rings. The minimum absolute atomic E-state index is 0.0671. The molecule has 0 radical (unpaired) electrons. The first-order valence-corrected chi connectivity index (χ1v) is 15.4. The monoisotopic (exact) mass is 690 g/mol. The van der Waals surface area contributed by atoms with Crippen molar-refractivity contribution in [2.75, 3.05) is 33.7 Å². The van der Waals surface area contributed by atoms with Crippen molar-refractivity contribution in [3.63, 3.8) is 0 Å². The largest absolute Gasteiger partial charge is 0.462 e. The van der Waals surface area contributed by atoms with Crippen LogP contribution in [-0.4, -0.2) is 80.4 Å². The topological polar surface area (TPSA) is 104 Å². The van der Waals surface area contributed by atoms with Crippen LogP contribution in [0, 0.1) is 10.8 Å². The van der Waals surface area contributed by atoms with Crippen LogP contribution < -0.4 is 0 Å². The van der Waals surface area contributed by atoms with Crippen LogP contribution in [0.4, 0.5) is 26.3 Å². The van der Waals surface area contributed by atoms with Gasteiger partial charge in [-0.1, -0.05) is 58.0 Å². The first-order valence-electron chi connectivity index (χ1n) is 15.4. The lowest BCUT2D eigenvalue weighted by atomic mass is 9.82. The normalized spacial score (nSPS) is 17.2. The molecular weight excluding hydrogens is 638 g/mol. The standard InChI is InChI=1S/C14H22F6O5.C10H14.C9H16O3/c1-6-11(4,7-21)9(22)25-10(2,3)12(13(15,16)17,14(18,19)20)24-8-23-5;1-3-9(2)10-7-5-4-6-8-10;1-4-9(2,3)8(10)12-6-7-5-11-7/h21H,6-8H2,1-5H3;4-9H,3H2,1-2H3;7H,4-6H2,1-3H3. The number of alkyl halides is 6. The van der Waals surface area contributed by atoms with E-state index in [2.05, 4.69) is 58.4 Å². The summed E-state index contributed by atoms with van der Waals surface area (Å²) in [6.07, 6.45) is -9.82. The van der Waals surface area contributed by atoms with Crippen molar-refractivity contribution in [1.29, 1.82) is 0 Å². The second-order valence-corrected chi connectivity index (χ2v) is 12.7. The van der Waals surface area contributed by atoms with Crippen LogP contribution in [-0.2, 0) is 33.3 Å². The Bertz CT molecular complexity index is 1050. The Morgan fingerprint density at radius 1 is 0.915 bits per heavy atom. The lowest BCUT2D eigenvalue weighted by molar-refractivity contribution is -0.429. The average molecular weight is 691 g/mol. The van der Waals surface area contributed by atoms with Crippen molar-refractivity contribution in [2.24, 2.45) is 10.8 Å². The highest BCUT2D eigenvalue weighted by Gasteiger charge is 2.80. The second-order valence-electron chi connectivity index (χ2n) is 12.7. The number of epoxide rings is 1. The van der Waals surface area contributed by atoms with Gasteiger partial charge in [0, 0.05) is 7.11 Å². The average Bonchev–Trinajstić information content (AvgIpc) is 3.83. The van der Waals surface area contributed by atoms with Crippen LogP contribution in [0.1, 0.15) is 93.1 Å². The summed E-state index contributed by atoms with van der Waals surface area (Å²) >= 11 is 0. The van der Waals surface area contributed by atoms with E-state index in [-0.39, 0.29) is 23.9 Å². The number of hydrogen-bond acceptors (Lipinski definition) is 8. The number of rotatable bonds is 14. The molecule has 1 heterocycles. The van der Waals surface area contributed by atoms with E-state index >= 15 is 0 Å². The van der Waals surface area contributed by atoms with Gasteiger partial charge in [0.15, 0.2) is 5.60 Å². The van der Waals surface area contributed by atoms with Gasteiger partial charge in [-0.05, 0) is 65.4 Å². The zero-order valence-corrected chi connectivity index (χ0v) is 29.1. The third-order valence-corrected chi connectivity index (χ3v) is 8.23. The van der Waals surface area contributed by atoms with Crippen LogP contribution in [0.5, 0.6) is 0 Å². The number of carbonyl (C=O) groups is 2. The van der Waals surface area contributed by atoms with Gasteiger partial charge in [-0.25, -0.2) is 0 Å². The lowest BCUT2D eigenvalue weighted by Gasteiger charge is -2.47. The molecule has 0 aromatic heterocycles. The number of carbonyl (C=O) groups excluding carboxylic acids is 2. The molecule has 3 atom stereocenters. The van der Waals surface area contributed by atoms with Gasteiger partial charge in [0.05, 0.1) is 24.0 Å². The van der Waals surface area contributed by atoms with Gasteiger partial charge in [-0.15, -0.1) is 0 Å². The first kappa shape index (κ1) is 44.6. The molecule has 1 aliphatic heterocycles. The van der Waals surface area contributed by atoms with Crippen molar-refractivity contribution in [3.8, 4) is 0 Å². The zero-order chi connectivity index (χ0) is 36.9. The summed E-state index contributed by atoms with van der Waals surface area (Å²) in [6, 6.07) is 10.6. The molecule has 2 rings (SSSR count). The molecule has 1 aromatic carbocycles. The second kappa shape index (κ2) is 18.4. The Labute approximate surface area is 274 Å². The van der Waals surface area contributed by atoms with E-state index in [4.69, 9.17) is 9.47 Å². The number of benzene rings is 1. The predicted molar refractivity (Wildman–Crippen MR) is 163 cm³/mol. The number of ether oxygens (including phenoxy) is 5. The van der Waals surface area contributed by atoms with Crippen molar-refractivity contribution < 1.29 is 64.7 Å². The van der Waals surface area contributed by atoms with E-state index in [0.29, 0.717) is 26.4 Å². The fourth-order valence-electron chi connectivity index (χ4n) is 3.77. The molecule has 14 heteroatoms. The third-order valence-electron chi connectivity index (χ3n) is 8.23. The fourth-order valence-corrected chi connectivity index (χ4v) is 3.77. The van der Waals surface area contributed by atoms with Gasteiger partial charge < -0.3 is 28.8 Å². The minimum atomic E-state index is -5.98. The maximum atomic E-state index is 13.5. The third kappa shape index (κ3) is 12.5. The number of aliphatic hydroxyl groups is 1. The molecule has 1 saturated heterocycles. The molecule has 0 saturated carbocycles. The zero-order valence-electron chi connectivity index (χ0n) is 29.1. The molecule has 1 fully saturated rings. The summed E-state index contributed by atoms with van der Waals surface area (Å²) in [5.41, 5.74) is -8.60. The number of halogens is 6. The highest BCUT2D eigenvalue weighted by Crippen LogP contribution is 2.53. The van der Waals surface area contributed by atoms with Crippen LogP contribution in [0.15, 0.2) is 30.3 Å². The molecule has 0 aliphatic carbocycles. The molecule has 274 valence electrons. The molecule has 1 aromatic rings. The molecule has 1 N–H and O–H groups in total. The Morgan fingerprint density at radius 2 is 1.43 bits per heavy atom. The smallest absolute Gasteiger partial charge is 0.430 e. The van der Waals surface area contributed by atoms with Gasteiger partial charge in [0.1, 0.15) is 19.5 Å². The summed E-state index contributed by atoms with van der Waals surface area (Å²) in [4.78, 5) is 23.5. The predicted octanol–water partition coefficient (Wildman–Crippen LogP) is 7.77. The summed E-state index contributed by atoms with van der Waals surface area (Å²) in [5.74, 6) is -0.830. The van der Waals surface area contributed by atoms with Crippen LogP contribution >= 0.6 is 0 Å². The van der Waals surface area contributed by atoms with Crippen molar-refractivity contribution >= 4 is 11.9 Å². The number of aliphatic hydroxyl groups excluding tert-OH is 1. The molecule has 0 bridgehead atoms. The van der Waals surface area contributed by atoms with Crippen LogP contribution in [0.2, 0.25) is 0 Å². The van der Waals surface area contributed by atoms with Crippen molar-refractivity contribution in [3.05, 3.63) is 35.9 Å². The minimum Gasteiger partial charge on any atom is -0.462 e.